The second kappa shape index (κ2) is 4.39. The van der Waals surface area contributed by atoms with Crippen molar-refractivity contribution in [2.45, 2.75) is 6.42 Å². The fourth-order valence-electron chi connectivity index (χ4n) is 0.781. The SMILES string of the molecule is O=S(=O)(Cl)CCc1ccc(Br)cn1. The van der Waals surface area contributed by atoms with Crippen molar-refractivity contribution in [3.8, 4) is 0 Å². The Morgan fingerprint density at radius 1 is 1.46 bits per heavy atom. The monoisotopic (exact) mass is 283 g/mol. The van der Waals surface area contributed by atoms with Gasteiger partial charge >= 0.3 is 0 Å². The molecule has 0 amide bonds. The summed E-state index contributed by atoms with van der Waals surface area (Å²) in [6, 6.07) is 3.56. The van der Waals surface area contributed by atoms with Gasteiger partial charge in [-0.1, -0.05) is 0 Å². The molecule has 0 bridgehead atoms. The van der Waals surface area contributed by atoms with Crippen LogP contribution in [-0.4, -0.2) is 19.2 Å². The lowest BCUT2D eigenvalue weighted by atomic mass is 10.3. The summed E-state index contributed by atoms with van der Waals surface area (Å²) in [5.41, 5.74) is 0.715. The van der Waals surface area contributed by atoms with Gasteiger partial charge in [-0.3, -0.25) is 4.98 Å². The normalized spacial score (nSPS) is 11.5. The summed E-state index contributed by atoms with van der Waals surface area (Å²) in [5.74, 6) is -0.0802. The van der Waals surface area contributed by atoms with Crippen molar-refractivity contribution in [2.75, 3.05) is 5.75 Å². The molecule has 1 rings (SSSR count). The van der Waals surface area contributed by atoms with Gasteiger partial charge in [0.15, 0.2) is 0 Å². The van der Waals surface area contributed by atoms with Gasteiger partial charge in [0.1, 0.15) is 0 Å². The zero-order valence-electron chi connectivity index (χ0n) is 6.57. The lowest BCUT2D eigenvalue weighted by Gasteiger charge is -1.97. The van der Waals surface area contributed by atoms with Gasteiger partial charge in [-0.05, 0) is 28.1 Å². The van der Waals surface area contributed by atoms with Crippen LogP contribution in [0.1, 0.15) is 5.69 Å². The average Bonchev–Trinajstić information content (AvgIpc) is 2.02. The maximum Gasteiger partial charge on any atom is 0.232 e. The highest BCUT2D eigenvalue weighted by molar-refractivity contribution is 9.10. The molecule has 72 valence electrons. The molecule has 13 heavy (non-hydrogen) atoms. The Bertz CT molecular complexity index is 376. The van der Waals surface area contributed by atoms with Crippen molar-refractivity contribution in [1.82, 2.24) is 4.98 Å². The number of halogens is 2. The van der Waals surface area contributed by atoms with Gasteiger partial charge in [-0.25, -0.2) is 8.42 Å². The molecule has 0 atom stereocenters. The van der Waals surface area contributed by atoms with Crippen LogP contribution in [0.4, 0.5) is 0 Å². The van der Waals surface area contributed by atoms with Gasteiger partial charge in [0.25, 0.3) is 0 Å². The molecule has 0 aliphatic rings. The van der Waals surface area contributed by atoms with Crippen LogP contribution in [0.2, 0.25) is 0 Å². The summed E-state index contributed by atoms with van der Waals surface area (Å²) < 4.78 is 22.1. The Hall–Kier alpha value is -0.130. The standard InChI is InChI=1S/C7H7BrClNO2S/c8-6-1-2-7(10-5-6)3-4-13(9,11)12/h1-2,5H,3-4H2. The summed E-state index contributed by atoms with van der Waals surface area (Å²) >= 11 is 3.23. The first-order valence-corrected chi connectivity index (χ1v) is 6.77. The first kappa shape index (κ1) is 10.9. The molecular formula is C7H7BrClNO2S. The van der Waals surface area contributed by atoms with E-state index < -0.39 is 9.05 Å². The molecule has 0 aliphatic heterocycles. The van der Waals surface area contributed by atoms with Crippen molar-refractivity contribution in [2.24, 2.45) is 0 Å². The molecule has 1 aromatic rings. The fraction of sp³-hybridized carbons (Fsp3) is 0.286. The molecule has 0 N–H and O–H groups in total. The van der Waals surface area contributed by atoms with Crippen LogP contribution in [0, 0.1) is 0 Å². The number of hydrogen-bond donors (Lipinski definition) is 0. The average molecular weight is 285 g/mol. The van der Waals surface area contributed by atoms with E-state index in [4.69, 9.17) is 10.7 Å². The number of aryl methyl sites for hydroxylation is 1. The summed E-state index contributed by atoms with van der Waals surface area (Å²) in [5, 5.41) is 0. The molecule has 1 aromatic heterocycles. The second-order valence-electron chi connectivity index (χ2n) is 2.46. The lowest BCUT2D eigenvalue weighted by molar-refractivity contribution is 0.608. The third-order valence-corrected chi connectivity index (χ3v) is 3.01. The highest BCUT2D eigenvalue weighted by Gasteiger charge is 2.05. The van der Waals surface area contributed by atoms with Gasteiger partial charge < -0.3 is 0 Å². The number of rotatable bonds is 3. The Balaban J connectivity index is 2.61. The molecule has 0 unspecified atom stereocenters. The maximum atomic E-state index is 10.6. The molecule has 0 aliphatic carbocycles. The van der Waals surface area contributed by atoms with Crippen molar-refractivity contribution >= 4 is 35.7 Å². The molecule has 0 aromatic carbocycles. The Labute approximate surface area is 89.7 Å². The van der Waals surface area contributed by atoms with Crippen LogP contribution in [0.5, 0.6) is 0 Å². The van der Waals surface area contributed by atoms with E-state index in [1.165, 1.54) is 0 Å². The highest BCUT2D eigenvalue weighted by atomic mass is 79.9. The number of aromatic nitrogens is 1. The van der Waals surface area contributed by atoms with Gasteiger partial charge in [0.05, 0.1) is 5.75 Å². The lowest BCUT2D eigenvalue weighted by Crippen LogP contribution is -2.02. The minimum atomic E-state index is -3.41. The predicted molar refractivity (Wildman–Crippen MR) is 55.3 cm³/mol. The first-order valence-electron chi connectivity index (χ1n) is 3.50. The van der Waals surface area contributed by atoms with E-state index in [0.717, 1.165) is 4.47 Å². The van der Waals surface area contributed by atoms with Crippen molar-refractivity contribution in [1.29, 1.82) is 0 Å². The molecule has 0 saturated heterocycles. The Kier molecular flexibility index (Phi) is 3.70. The molecule has 0 radical (unpaired) electrons. The molecule has 3 nitrogen and oxygen atoms in total. The van der Waals surface area contributed by atoms with Crippen LogP contribution < -0.4 is 0 Å². The molecule has 0 saturated carbocycles. The van der Waals surface area contributed by atoms with Crippen molar-refractivity contribution < 1.29 is 8.42 Å². The molecular weight excluding hydrogens is 278 g/mol. The Morgan fingerprint density at radius 2 is 2.15 bits per heavy atom. The quantitative estimate of drug-likeness (QED) is 0.797. The van der Waals surface area contributed by atoms with Crippen LogP contribution in [0.25, 0.3) is 0 Å². The number of hydrogen-bond acceptors (Lipinski definition) is 3. The number of pyridine rings is 1. The van der Waals surface area contributed by atoms with Crippen LogP contribution >= 0.6 is 26.6 Å². The first-order chi connectivity index (χ1) is 5.97. The van der Waals surface area contributed by atoms with E-state index in [2.05, 4.69) is 20.9 Å². The fourth-order valence-corrected chi connectivity index (χ4v) is 1.70. The second-order valence-corrected chi connectivity index (χ2v) is 6.27. The van der Waals surface area contributed by atoms with Crippen molar-refractivity contribution in [3.63, 3.8) is 0 Å². The summed E-state index contributed by atoms with van der Waals surface area (Å²) in [7, 11) is 1.64. The summed E-state index contributed by atoms with van der Waals surface area (Å²) in [6.07, 6.45) is 1.97. The minimum Gasteiger partial charge on any atom is -0.260 e. The topological polar surface area (TPSA) is 47.0 Å². The third-order valence-electron chi connectivity index (χ3n) is 1.39. The maximum absolute atomic E-state index is 10.6. The molecule has 0 spiro atoms. The van der Waals surface area contributed by atoms with Crippen LogP contribution in [0.3, 0.4) is 0 Å². The Morgan fingerprint density at radius 3 is 2.62 bits per heavy atom. The van der Waals surface area contributed by atoms with E-state index >= 15 is 0 Å². The summed E-state index contributed by atoms with van der Waals surface area (Å²) in [6.45, 7) is 0. The molecule has 1 heterocycles. The van der Waals surface area contributed by atoms with Crippen LogP contribution in [0.15, 0.2) is 22.8 Å². The minimum absolute atomic E-state index is 0.0802. The zero-order chi connectivity index (χ0) is 9.90. The predicted octanol–water partition coefficient (Wildman–Crippen LogP) is 1.96. The van der Waals surface area contributed by atoms with Crippen molar-refractivity contribution in [3.05, 3.63) is 28.5 Å². The van der Waals surface area contributed by atoms with Gasteiger partial charge in [0, 0.05) is 33.5 Å². The highest BCUT2D eigenvalue weighted by Crippen LogP contribution is 2.09. The number of nitrogens with zero attached hydrogens (tertiary/aromatic N) is 1. The van der Waals surface area contributed by atoms with E-state index in [1.807, 2.05) is 6.07 Å². The van der Waals surface area contributed by atoms with E-state index in [1.54, 1.807) is 12.3 Å². The van der Waals surface area contributed by atoms with E-state index in [9.17, 15) is 8.42 Å². The van der Waals surface area contributed by atoms with Gasteiger partial charge in [0.2, 0.25) is 9.05 Å². The smallest absolute Gasteiger partial charge is 0.232 e. The van der Waals surface area contributed by atoms with E-state index in [0.29, 0.717) is 12.1 Å². The largest absolute Gasteiger partial charge is 0.260 e. The van der Waals surface area contributed by atoms with E-state index in [-0.39, 0.29) is 5.75 Å². The summed E-state index contributed by atoms with van der Waals surface area (Å²) in [4.78, 5) is 4.01. The molecule has 6 heteroatoms. The third kappa shape index (κ3) is 4.59. The van der Waals surface area contributed by atoms with Gasteiger partial charge in [-0.2, -0.15) is 0 Å². The zero-order valence-corrected chi connectivity index (χ0v) is 9.73. The van der Waals surface area contributed by atoms with Gasteiger partial charge in [-0.15, -0.1) is 0 Å². The molecule has 0 fully saturated rings. The van der Waals surface area contributed by atoms with Crippen LogP contribution in [-0.2, 0) is 15.5 Å².